The SMILES string of the molecule is CN(C)c1ncc(CN[C@@H]2CCCc3occc32)n1C. The van der Waals surface area contributed by atoms with Crippen LogP contribution in [0.4, 0.5) is 5.95 Å². The molecule has 108 valence electrons. The van der Waals surface area contributed by atoms with Crippen molar-refractivity contribution < 1.29 is 4.42 Å². The predicted molar refractivity (Wildman–Crippen MR) is 78.8 cm³/mol. The second-order valence-electron chi connectivity index (χ2n) is 5.63. The minimum absolute atomic E-state index is 0.398. The van der Waals surface area contributed by atoms with Crippen molar-refractivity contribution in [2.24, 2.45) is 7.05 Å². The maximum Gasteiger partial charge on any atom is 0.204 e. The number of aryl methyl sites for hydroxylation is 1. The summed E-state index contributed by atoms with van der Waals surface area (Å²) >= 11 is 0. The van der Waals surface area contributed by atoms with Gasteiger partial charge in [-0.25, -0.2) is 4.98 Å². The average Bonchev–Trinajstić information content (AvgIpc) is 3.03. The number of aromatic nitrogens is 2. The topological polar surface area (TPSA) is 46.2 Å². The van der Waals surface area contributed by atoms with Gasteiger partial charge in [-0.1, -0.05) is 0 Å². The summed E-state index contributed by atoms with van der Waals surface area (Å²) in [5.41, 5.74) is 2.52. The maximum atomic E-state index is 5.53. The van der Waals surface area contributed by atoms with Crippen molar-refractivity contribution in [1.29, 1.82) is 0 Å². The number of rotatable bonds is 4. The summed E-state index contributed by atoms with van der Waals surface area (Å²) in [6, 6.07) is 2.50. The van der Waals surface area contributed by atoms with E-state index in [1.807, 2.05) is 25.2 Å². The highest BCUT2D eigenvalue weighted by Crippen LogP contribution is 2.30. The Hall–Kier alpha value is -1.75. The van der Waals surface area contributed by atoms with Crippen LogP contribution >= 0.6 is 0 Å². The van der Waals surface area contributed by atoms with Crippen molar-refractivity contribution >= 4 is 5.95 Å². The monoisotopic (exact) mass is 274 g/mol. The van der Waals surface area contributed by atoms with Crippen LogP contribution in [0.3, 0.4) is 0 Å². The summed E-state index contributed by atoms with van der Waals surface area (Å²) < 4.78 is 7.66. The van der Waals surface area contributed by atoms with Crippen LogP contribution in [0, 0.1) is 0 Å². The van der Waals surface area contributed by atoms with E-state index in [-0.39, 0.29) is 0 Å². The van der Waals surface area contributed by atoms with Crippen molar-refractivity contribution in [3.05, 3.63) is 35.5 Å². The fourth-order valence-electron chi connectivity index (χ4n) is 2.94. The fourth-order valence-corrected chi connectivity index (χ4v) is 2.94. The summed E-state index contributed by atoms with van der Waals surface area (Å²) in [6.45, 7) is 0.826. The molecule has 1 atom stereocenters. The van der Waals surface area contributed by atoms with E-state index in [4.69, 9.17) is 4.42 Å². The highest BCUT2D eigenvalue weighted by atomic mass is 16.3. The molecule has 5 heteroatoms. The van der Waals surface area contributed by atoms with Crippen LogP contribution in [0.5, 0.6) is 0 Å². The van der Waals surface area contributed by atoms with Gasteiger partial charge in [-0.2, -0.15) is 0 Å². The Labute approximate surface area is 119 Å². The van der Waals surface area contributed by atoms with Crippen LogP contribution in [-0.4, -0.2) is 23.6 Å². The normalized spacial score (nSPS) is 18.1. The molecule has 0 radical (unpaired) electrons. The van der Waals surface area contributed by atoms with E-state index in [1.165, 1.54) is 24.1 Å². The molecule has 2 aromatic rings. The molecule has 0 aliphatic heterocycles. The number of imidazole rings is 1. The van der Waals surface area contributed by atoms with E-state index in [0.29, 0.717) is 6.04 Å². The number of furan rings is 1. The highest BCUT2D eigenvalue weighted by molar-refractivity contribution is 5.31. The number of anilines is 1. The number of fused-ring (bicyclic) bond motifs is 1. The zero-order valence-electron chi connectivity index (χ0n) is 12.4. The first-order valence-corrected chi connectivity index (χ1v) is 7.14. The van der Waals surface area contributed by atoms with Gasteiger partial charge in [0, 0.05) is 45.7 Å². The second kappa shape index (κ2) is 5.32. The first-order chi connectivity index (χ1) is 9.66. The molecule has 0 saturated carbocycles. The van der Waals surface area contributed by atoms with Crippen LogP contribution in [0.15, 0.2) is 22.9 Å². The van der Waals surface area contributed by atoms with Gasteiger partial charge in [0.05, 0.1) is 18.2 Å². The zero-order chi connectivity index (χ0) is 14.1. The first kappa shape index (κ1) is 13.2. The molecular formula is C15H22N4O. The summed E-state index contributed by atoms with van der Waals surface area (Å²) in [4.78, 5) is 6.47. The third kappa shape index (κ3) is 2.33. The Bertz CT molecular complexity index is 584. The molecule has 20 heavy (non-hydrogen) atoms. The molecular weight excluding hydrogens is 252 g/mol. The van der Waals surface area contributed by atoms with Crippen molar-refractivity contribution in [2.75, 3.05) is 19.0 Å². The molecule has 3 rings (SSSR count). The van der Waals surface area contributed by atoms with E-state index < -0.39 is 0 Å². The van der Waals surface area contributed by atoms with E-state index in [9.17, 15) is 0 Å². The standard InChI is InChI=1S/C15H22N4O/c1-18(2)15-17-10-11(19(15)3)9-16-13-5-4-6-14-12(13)7-8-20-14/h7-8,10,13,16H,4-6,9H2,1-3H3/t13-/m1/s1. The molecule has 1 N–H and O–H groups in total. The summed E-state index contributed by atoms with van der Waals surface area (Å²) in [7, 11) is 6.08. The van der Waals surface area contributed by atoms with Crippen LogP contribution in [0.25, 0.3) is 0 Å². The Morgan fingerprint density at radius 2 is 2.35 bits per heavy atom. The van der Waals surface area contributed by atoms with E-state index in [0.717, 1.165) is 24.7 Å². The molecule has 0 aromatic carbocycles. The number of hydrogen-bond acceptors (Lipinski definition) is 4. The van der Waals surface area contributed by atoms with Gasteiger partial charge in [-0.15, -0.1) is 0 Å². The lowest BCUT2D eigenvalue weighted by Gasteiger charge is -2.23. The molecule has 2 aromatic heterocycles. The zero-order valence-corrected chi connectivity index (χ0v) is 12.4. The minimum atomic E-state index is 0.398. The molecule has 0 unspecified atom stereocenters. The number of nitrogens with one attached hydrogen (secondary N) is 1. The molecule has 2 heterocycles. The fraction of sp³-hybridized carbons (Fsp3) is 0.533. The Morgan fingerprint density at radius 3 is 3.10 bits per heavy atom. The molecule has 0 saturated heterocycles. The number of nitrogens with zero attached hydrogens (tertiary/aromatic N) is 3. The van der Waals surface area contributed by atoms with Gasteiger partial charge in [0.25, 0.3) is 0 Å². The van der Waals surface area contributed by atoms with Crippen LogP contribution < -0.4 is 10.2 Å². The molecule has 5 nitrogen and oxygen atoms in total. The lowest BCUT2D eigenvalue weighted by molar-refractivity contribution is 0.408. The molecule has 0 bridgehead atoms. The van der Waals surface area contributed by atoms with Crippen LogP contribution in [-0.2, 0) is 20.0 Å². The summed E-state index contributed by atoms with van der Waals surface area (Å²) in [5.74, 6) is 2.13. The Balaban J connectivity index is 1.69. The largest absolute Gasteiger partial charge is 0.469 e. The van der Waals surface area contributed by atoms with Gasteiger partial charge in [-0.3, -0.25) is 0 Å². The van der Waals surface area contributed by atoms with Crippen molar-refractivity contribution in [2.45, 2.75) is 31.8 Å². The predicted octanol–water partition coefficient (Wildman–Crippen LogP) is 2.25. The first-order valence-electron chi connectivity index (χ1n) is 7.14. The quantitative estimate of drug-likeness (QED) is 0.929. The Morgan fingerprint density at radius 1 is 1.50 bits per heavy atom. The average molecular weight is 274 g/mol. The number of hydrogen-bond donors (Lipinski definition) is 1. The maximum absolute atomic E-state index is 5.53. The third-order valence-electron chi connectivity index (χ3n) is 4.04. The smallest absolute Gasteiger partial charge is 0.204 e. The van der Waals surface area contributed by atoms with Gasteiger partial charge >= 0.3 is 0 Å². The third-order valence-corrected chi connectivity index (χ3v) is 4.04. The van der Waals surface area contributed by atoms with Crippen molar-refractivity contribution in [3.8, 4) is 0 Å². The Kier molecular flexibility index (Phi) is 3.53. The second-order valence-corrected chi connectivity index (χ2v) is 5.63. The van der Waals surface area contributed by atoms with Crippen LogP contribution in [0.1, 0.15) is 35.9 Å². The summed E-state index contributed by atoms with van der Waals surface area (Å²) in [5, 5.41) is 3.63. The molecule has 0 fully saturated rings. The minimum Gasteiger partial charge on any atom is -0.469 e. The van der Waals surface area contributed by atoms with Crippen LogP contribution in [0.2, 0.25) is 0 Å². The van der Waals surface area contributed by atoms with E-state index in [1.54, 1.807) is 6.26 Å². The van der Waals surface area contributed by atoms with Crippen molar-refractivity contribution in [3.63, 3.8) is 0 Å². The van der Waals surface area contributed by atoms with Gasteiger partial charge in [0.2, 0.25) is 5.95 Å². The highest BCUT2D eigenvalue weighted by Gasteiger charge is 2.22. The molecule has 0 amide bonds. The van der Waals surface area contributed by atoms with Crippen molar-refractivity contribution in [1.82, 2.24) is 14.9 Å². The van der Waals surface area contributed by atoms with E-state index in [2.05, 4.69) is 28.0 Å². The van der Waals surface area contributed by atoms with Gasteiger partial charge in [0.15, 0.2) is 0 Å². The lowest BCUT2D eigenvalue weighted by Crippen LogP contribution is -2.25. The van der Waals surface area contributed by atoms with Gasteiger partial charge < -0.3 is 19.2 Å². The lowest BCUT2D eigenvalue weighted by atomic mass is 9.93. The molecule has 0 spiro atoms. The molecule has 1 aliphatic carbocycles. The van der Waals surface area contributed by atoms with E-state index >= 15 is 0 Å². The van der Waals surface area contributed by atoms with Gasteiger partial charge in [-0.05, 0) is 18.9 Å². The van der Waals surface area contributed by atoms with Gasteiger partial charge in [0.1, 0.15) is 5.76 Å². The molecule has 1 aliphatic rings. The summed E-state index contributed by atoms with van der Waals surface area (Å²) in [6.07, 6.45) is 7.18.